The van der Waals surface area contributed by atoms with Gasteiger partial charge in [0.1, 0.15) is 10.6 Å². The minimum absolute atomic E-state index is 0.0803. The first-order valence-electron chi connectivity index (χ1n) is 7.28. The van der Waals surface area contributed by atoms with E-state index in [9.17, 15) is 4.79 Å². The molecule has 1 aromatic heterocycles. The zero-order chi connectivity index (χ0) is 15.7. The van der Waals surface area contributed by atoms with Crippen LogP contribution >= 0.6 is 11.5 Å². The first-order chi connectivity index (χ1) is 9.81. The molecule has 0 aliphatic carbocycles. The molecule has 118 valence electrons. The lowest BCUT2D eigenvalue weighted by Crippen LogP contribution is -2.35. The SMILES string of the molecule is CC(C)NC(=O)c1c(N)nsc1N1CC(C)C(N(C)C)C1. The Hall–Kier alpha value is -1.34. The molecule has 2 atom stereocenters. The zero-order valence-corrected chi connectivity index (χ0v) is 14.2. The van der Waals surface area contributed by atoms with E-state index in [-0.39, 0.29) is 11.9 Å². The lowest BCUT2D eigenvalue weighted by Gasteiger charge is -2.22. The van der Waals surface area contributed by atoms with Gasteiger partial charge in [0.2, 0.25) is 0 Å². The number of likely N-dealkylation sites (N-methyl/N-ethyl adjacent to an activating group) is 1. The molecule has 1 aliphatic rings. The first kappa shape index (κ1) is 16.0. The number of nitrogens with one attached hydrogen (secondary N) is 1. The molecule has 0 spiro atoms. The van der Waals surface area contributed by atoms with Crippen LogP contribution in [0.1, 0.15) is 31.1 Å². The number of hydrogen-bond donors (Lipinski definition) is 2. The molecule has 1 aliphatic heterocycles. The maximum absolute atomic E-state index is 12.3. The molecule has 3 N–H and O–H groups in total. The van der Waals surface area contributed by atoms with E-state index in [2.05, 4.69) is 40.5 Å². The molecule has 6 nitrogen and oxygen atoms in total. The van der Waals surface area contributed by atoms with E-state index in [1.54, 1.807) is 0 Å². The van der Waals surface area contributed by atoms with Crippen LogP contribution in [0.15, 0.2) is 0 Å². The van der Waals surface area contributed by atoms with E-state index < -0.39 is 0 Å². The summed E-state index contributed by atoms with van der Waals surface area (Å²) in [6.07, 6.45) is 0. The topological polar surface area (TPSA) is 74.5 Å². The number of nitrogen functional groups attached to an aromatic ring is 1. The third-order valence-electron chi connectivity index (χ3n) is 3.87. The van der Waals surface area contributed by atoms with Crippen LogP contribution in [0.5, 0.6) is 0 Å². The Bertz CT molecular complexity index is 513. The van der Waals surface area contributed by atoms with Crippen molar-refractivity contribution in [1.29, 1.82) is 0 Å². The van der Waals surface area contributed by atoms with Crippen molar-refractivity contribution in [2.75, 3.05) is 37.8 Å². The molecule has 0 aromatic carbocycles. The Kier molecular flexibility index (Phi) is 4.73. The summed E-state index contributed by atoms with van der Waals surface area (Å²) in [5.74, 6) is 0.741. The van der Waals surface area contributed by atoms with Crippen LogP contribution in [0.2, 0.25) is 0 Å². The molecule has 21 heavy (non-hydrogen) atoms. The summed E-state index contributed by atoms with van der Waals surface area (Å²) < 4.78 is 4.19. The number of nitrogens with two attached hydrogens (primary N) is 1. The predicted molar refractivity (Wildman–Crippen MR) is 88.0 cm³/mol. The van der Waals surface area contributed by atoms with Gasteiger partial charge in [0, 0.05) is 25.2 Å². The number of carbonyl (C=O) groups excluding carboxylic acids is 1. The van der Waals surface area contributed by atoms with Gasteiger partial charge in [-0.2, -0.15) is 4.37 Å². The summed E-state index contributed by atoms with van der Waals surface area (Å²) in [6, 6.07) is 0.561. The van der Waals surface area contributed by atoms with Crippen molar-refractivity contribution in [3.8, 4) is 0 Å². The lowest BCUT2D eigenvalue weighted by molar-refractivity contribution is 0.0945. The molecule has 0 bridgehead atoms. The van der Waals surface area contributed by atoms with Crippen molar-refractivity contribution >= 4 is 28.3 Å². The Morgan fingerprint density at radius 1 is 1.48 bits per heavy atom. The van der Waals surface area contributed by atoms with Crippen molar-refractivity contribution in [3.05, 3.63) is 5.56 Å². The van der Waals surface area contributed by atoms with Crippen LogP contribution < -0.4 is 16.0 Å². The molecular weight excluding hydrogens is 286 g/mol. The Balaban J connectivity index is 2.24. The number of aromatic nitrogens is 1. The van der Waals surface area contributed by atoms with Crippen LogP contribution in [0, 0.1) is 5.92 Å². The van der Waals surface area contributed by atoms with E-state index in [1.165, 1.54) is 11.5 Å². The lowest BCUT2D eigenvalue weighted by atomic mass is 10.1. The van der Waals surface area contributed by atoms with E-state index >= 15 is 0 Å². The zero-order valence-electron chi connectivity index (χ0n) is 13.4. The summed E-state index contributed by atoms with van der Waals surface area (Å²) in [5.41, 5.74) is 6.44. The van der Waals surface area contributed by atoms with Crippen molar-refractivity contribution in [2.45, 2.75) is 32.9 Å². The van der Waals surface area contributed by atoms with Gasteiger partial charge < -0.3 is 20.9 Å². The average Bonchev–Trinajstić information content (AvgIpc) is 2.91. The fourth-order valence-corrected chi connectivity index (χ4v) is 3.67. The number of amides is 1. The molecule has 0 radical (unpaired) electrons. The van der Waals surface area contributed by atoms with Gasteiger partial charge in [-0.25, -0.2) is 0 Å². The Morgan fingerprint density at radius 2 is 2.14 bits per heavy atom. The third kappa shape index (κ3) is 3.29. The van der Waals surface area contributed by atoms with Gasteiger partial charge in [0.15, 0.2) is 5.82 Å². The number of anilines is 2. The van der Waals surface area contributed by atoms with Gasteiger partial charge in [0.05, 0.1) is 0 Å². The van der Waals surface area contributed by atoms with Gasteiger partial charge in [0.25, 0.3) is 5.91 Å². The maximum atomic E-state index is 12.3. The van der Waals surface area contributed by atoms with Gasteiger partial charge in [-0.3, -0.25) is 4.79 Å². The quantitative estimate of drug-likeness (QED) is 0.875. The molecule has 2 heterocycles. The first-order valence-corrected chi connectivity index (χ1v) is 8.06. The second kappa shape index (κ2) is 6.19. The van der Waals surface area contributed by atoms with Crippen LogP contribution in [0.25, 0.3) is 0 Å². The van der Waals surface area contributed by atoms with E-state index in [0.29, 0.717) is 23.3 Å². The smallest absolute Gasteiger partial charge is 0.258 e. The van der Waals surface area contributed by atoms with Crippen LogP contribution in [-0.2, 0) is 0 Å². The van der Waals surface area contributed by atoms with Gasteiger partial charge in [-0.05, 0) is 45.4 Å². The summed E-state index contributed by atoms with van der Waals surface area (Å²) in [4.78, 5) is 16.8. The highest BCUT2D eigenvalue weighted by molar-refractivity contribution is 7.11. The normalized spacial score (nSPS) is 22.3. The molecular formula is C14H25N5OS. The largest absolute Gasteiger partial charge is 0.382 e. The van der Waals surface area contributed by atoms with Gasteiger partial charge >= 0.3 is 0 Å². The monoisotopic (exact) mass is 311 g/mol. The van der Waals surface area contributed by atoms with Crippen LogP contribution in [0.4, 0.5) is 10.8 Å². The summed E-state index contributed by atoms with van der Waals surface area (Å²) in [5, 5.41) is 3.80. The number of hydrogen-bond acceptors (Lipinski definition) is 6. The van der Waals surface area contributed by atoms with Crippen molar-refractivity contribution in [1.82, 2.24) is 14.6 Å². The van der Waals surface area contributed by atoms with E-state index in [4.69, 9.17) is 5.73 Å². The molecule has 2 unspecified atom stereocenters. The summed E-state index contributed by atoms with van der Waals surface area (Å²) >= 11 is 1.32. The maximum Gasteiger partial charge on any atom is 0.258 e. The minimum atomic E-state index is -0.132. The van der Waals surface area contributed by atoms with E-state index in [0.717, 1.165) is 18.1 Å². The fourth-order valence-electron chi connectivity index (χ4n) is 2.84. The number of carbonyl (C=O) groups is 1. The van der Waals surface area contributed by atoms with Crippen molar-refractivity contribution in [2.24, 2.45) is 5.92 Å². The van der Waals surface area contributed by atoms with Crippen molar-refractivity contribution in [3.63, 3.8) is 0 Å². The van der Waals surface area contributed by atoms with Crippen LogP contribution in [-0.4, -0.2) is 54.4 Å². The Labute approximate surface area is 130 Å². The van der Waals surface area contributed by atoms with E-state index in [1.807, 2.05) is 13.8 Å². The summed E-state index contributed by atoms with van der Waals surface area (Å²) in [7, 11) is 4.19. The highest BCUT2D eigenvalue weighted by Crippen LogP contribution is 2.35. The second-order valence-electron chi connectivity index (χ2n) is 6.29. The highest BCUT2D eigenvalue weighted by Gasteiger charge is 2.34. The molecule has 7 heteroatoms. The fraction of sp³-hybridized carbons (Fsp3) is 0.714. The molecule has 0 saturated carbocycles. The molecule has 2 rings (SSSR count). The van der Waals surface area contributed by atoms with Gasteiger partial charge in [-0.1, -0.05) is 6.92 Å². The highest BCUT2D eigenvalue weighted by atomic mass is 32.1. The standard InChI is InChI=1S/C14H25N5OS/c1-8(2)16-13(20)11-12(15)17-21-14(11)19-6-9(3)10(7-19)18(4)5/h8-10H,6-7H2,1-5H3,(H2,15,17)(H,16,20). The molecule has 1 amide bonds. The average molecular weight is 311 g/mol. The number of nitrogens with zero attached hydrogens (tertiary/aromatic N) is 3. The molecule has 1 aromatic rings. The minimum Gasteiger partial charge on any atom is -0.382 e. The van der Waals surface area contributed by atoms with Gasteiger partial charge in [-0.15, -0.1) is 0 Å². The summed E-state index contributed by atoms with van der Waals surface area (Å²) in [6.45, 7) is 7.94. The predicted octanol–water partition coefficient (Wildman–Crippen LogP) is 1.25. The third-order valence-corrected chi connectivity index (χ3v) is 4.79. The molecule has 1 fully saturated rings. The number of rotatable bonds is 4. The second-order valence-corrected chi connectivity index (χ2v) is 7.04. The molecule has 1 saturated heterocycles. The van der Waals surface area contributed by atoms with Crippen molar-refractivity contribution < 1.29 is 4.79 Å². The Morgan fingerprint density at radius 3 is 2.67 bits per heavy atom. The van der Waals surface area contributed by atoms with Crippen LogP contribution in [0.3, 0.4) is 0 Å².